The Morgan fingerprint density at radius 3 is 1.21 bits per heavy atom. The Hall–Kier alpha value is -0.560. The van der Waals surface area contributed by atoms with Gasteiger partial charge >= 0.3 is 18.0 Å². The standard InChI is InChI=1S/C16H22F8/c17-9-10-1-3-11(4-2-10)14(18,19)15(20,21)12-5-7-13(8-6-12)16(22,23)24/h10-13H,1-9H2. The van der Waals surface area contributed by atoms with Gasteiger partial charge in [0.15, 0.2) is 0 Å². The Kier molecular flexibility index (Phi) is 5.75. The van der Waals surface area contributed by atoms with Crippen molar-refractivity contribution in [2.24, 2.45) is 23.7 Å². The van der Waals surface area contributed by atoms with Crippen molar-refractivity contribution in [1.29, 1.82) is 0 Å². The fraction of sp³-hybridized carbons (Fsp3) is 1.00. The molecule has 0 spiro atoms. The summed E-state index contributed by atoms with van der Waals surface area (Å²) in [5.74, 6) is -13.9. The van der Waals surface area contributed by atoms with Crippen LogP contribution in [0.2, 0.25) is 0 Å². The Labute approximate surface area is 136 Å². The summed E-state index contributed by atoms with van der Waals surface area (Å²) in [6.45, 7) is -0.643. The summed E-state index contributed by atoms with van der Waals surface area (Å²) in [5.41, 5.74) is 0. The van der Waals surface area contributed by atoms with Crippen molar-refractivity contribution in [3.05, 3.63) is 0 Å². The Morgan fingerprint density at radius 1 is 0.542 bits per heavy atom. The number of alkyl halides is 8. The molecule has 2 rings (SSSR count). The monoisotopic (exact) mass is 366 g/mol. The van der Waals surface area contributed by atoms with Crippen molar-refractivity contribution in [2.75, 3.05) is 6.67 Å². The summed E-state index contributed by atoms with van der Waals surface area (Å²) in [5, 5.41) is 0. The third-order valence-electron chi connectivity index (χ3n) is 5.72. The Bertz CT molecular complexity index is 401. The van der Waals surface area contributed by atoms with Crippen molar-refractivity contribution >= 4 is 0 Å². The van der Waals surface area contributed by atoms with Crippen LogP contribution in [0.25, 0.3) is 0 Å². The molecule has 8 heteroatoms. The van der Waals surface area contributed by atoms with Gasteiger partial charge in [0.2, 0.25) is 0 Å². The highest BCUT2D eigenvalue weighted by atomic mass is 19.4. The lowest BCUT2D eigenvalue weighted by molar-refractivity contribution is -0.274. The number of hydrogen-bond acceptors (Lipinski definition) is 0. The van der Waals surface area contributed by atoms with Crippen molar-refractivity contribution in [3.63, 3.8) is 0 Å². The molecule has 142 valence electrons. The maximum absolute atomic E-state index is 14.4. The highest BCUT2D eigenvalue weighted by Gasteiger charge is 2.64. The van der Waals surface area contributed by atoms with Crippen LogP contribution >= 0.6 is 0 Å². The van der Waals surface area contributed by atoms with Gasteiger partial charge in [-0.05, 0) is 57.3 Å². The van der Waals surface area contributed by atoms with Gasteiger partial charge in [0, 0.05) is 11.8 Å². The maximum Gasteiger partial charge on any atom is 0.391 e. The molecule has 0 nitrogen and oxygen atoms in total. The van der Waals surface area contributed by atoms with E-state index in [0.29, 0.717) is 0 Å². The first-order valence-corrected chi connectivity index (χ1v) is 8.38. The van der Waals surface area contributed by atoms with E-state index < -0.39 is 68.1 Å². The Balaban J connectivity index is 2.01. The summed E-state index contributed by atoms with van der Waals surface area (Å²) in [7, 11) is 0. The van der Waals surface area contributed by atoms with E-state index in [2.05, 4.69) is 0 Å². The van der Waals surface area contributed by atoms with Crippen LogP contribution < -0.4 is 0 Å². The first-order valence-electron chi connectivity index (χ1n) is 8.38. The maximum atomic E-state index is 14.4. The van der Waals surface area contributed by atoms with E-state index in [1.807, 2.05) is 0 Å². The zero-order valence-electron chi connectivity index (χ0n) is 13.2. The first-order chi connectivity index (χ1) is 11.0. The molecule has 2 saturated carbocycles. The van der Waals surface area contributed by atoms with Gasteiger partial charge in [0.1, 0.15) is 0 Å². The van der Waals surface area contributed by atoms with E-state index in [1.54, 1.807) is 0 Å². The van der Waals surface area contributed by atoms with Gasteiger partial charge in [-0.15, -0.1) is 0 Å². The first kappa shape index (κ1) is 19.8. The van der Waals surface area contributed by atoms with Crippen LogP contribution in [0.3, 0.4) is 0 Å². The summed E-state index contributed by atoms with van der Waals surface area (Å²) >= 11 is 0. The predicted octanol–water partition coefficient (Wildman–Crippen LogP) is 6.40. The zero-order chi connectivity index (χ0) is 18.2. The van der Waals surface area contributed by atoms with Crippen LogP contribution in [-0.4, -0.2) is 24.7 Å². The lowest BCUT2D eigenvalue weighted by Crippen LogP contribution is -2.53. The average molecular weight is 366 g/mol. The molecule has 0 N–H and O–H groups in total. The molecule has 2 aliphatic carbocycles. The second-order valence-corrected chi connectivity index (χ2v) is 7.21. The molecule has 0 aromatic heterocycles. The number of halogens is 8. The highest BCUT2D eigenvalue weighted by Crippen LogP contribution is 2.54. The molecule has 0 amide bonds. The quantitative estimate of drug-likeness (QED) is 0.505. The smallest absolute Gasteiger partial charge is 0.251 e. The fourth-order valence-electron chi connectivity index (χ4n) is 4.01. The van der Waals surface area contributed by atoms with Crippen LogP contribution in [0.5, 0.6) is 0 Å². The van der Waals surface area contributed by atoms with Crippen LogP contribution in [0, 0.1) is 23.7 Å². The zero-order valence-corrected chi connectivity index (χ0v) is 13.2. The van der Waals surface area contributed by atoms with Crippen LogP contribution in [0.1, 0.15) is 51.4 Å². The second-order valence-electron chi connectivity index (χ2n) is 7.21. The molecule has 24 heavy (non-hydrogen) atoms. The molecular weight excluding hydrogens is 344 g/mol. The van der Waals surface area contributed by atoms with Gasteiger partial charge in [0.05, 0.1) is 12.6 Å². The summed E-state index contributed by atoms with van der Waals surface area (Å²) in [6, 6.07) is 0. The van der Waals surface area contributed by atoms with E-state index >= 15 is 0 Å². The SMILES string of the molecule is FCC1CCC(C(F)(F)C(F)(F)C2CCC(C(F)(F)F)CC2)CC1. The molecule has 0 unspecified atom stereocenters. The van der Waals surface area contributed by atoms with Gasteiger partial charge in [-0.1, -0.05) is 0 Å². The summed E-state index contributed by atoms with van der Waals surface area (Å²) in [6.07, 6.45) is -6.68. The lowest BCUT2D eigenvalue weighted by Gasteiger charge is -2.42. The predicted molar refractivity (Wildman–Crippen MR) is 72.8 cm³/mol. The van der Waals surface area contributed by atoms with E-state index in [-0.39, 0.29) is 31.6 Å². The molecular formula is C16H22F8. The van der Waals surface area contributed by atoms with E-state index in [0.717, 1.165) is 0 Å². The van der Waals surface area contributed by atoms with Gasteiger partial charge in [-0.3, -0.25) is 4.39 Å². The van der Waals surface area contributed by atoms with Crippen molar-refractivity contribution in [3.8, 4) is 0 Å². The molecule has 0 heterocycles. The van der Waals surface area contributed by atoms with Crippen LogP contribution in [0.15, 0.2) is 0 Å². The summed E-state index contributed by atoms with van der Waals surface area (Å²) in [4.78, 5) is 0. The number of hydrogen-bond donors (Lipinski definition) is 0. The minimum atomic E-state index is -4.46. The molecule has 2 aliphatic rings. The van der Waals surface area contributed by atoms with E-state index in [4.69, 9.17) is 0 Å². The van der Waals surface area contributed by atoms with Crippen molar-refractivity contribution < 1.29 is 35.1 Å². The largest absolute Gasteiger partial charge is 0.391 e. The molecule has 0 aliphatic heterocycles. The molecule has 0 aromatic carbocycles. The minimum absolute atomic E-state index is 0.146. The minimum Gasteiger partial charge on any atom is -0.251 e. The van der Waals surface area contributed by atoms with Gasteiger partial charge in [-0.2, -0.15) is 30.7 Å². The van der Waals surface area contributed by atoms with Crippen LogP contribution in [-0.2, 0) is 0 Å². The van der Waals surface area contributed by atoms with E-state index in [1.165, 1.54) is 0 Å². The van der Waals surface area contributed by atoms with Crippen molar-refractivity contribution in [2.45, 2.75) is 69.4 Å². The molecule has 2 fully saturated rings. The topological polar surface area (TPSA) is 0 Å². The van der Waals surface area contributed by atoms with Crippen molar-refractivity contribution in [1.82, 2.24) is 0 Å². The normalized spacial score (nSPS) is 33.5. The lowest BCUT2D eigenvalue weighted by atomic mass is 9.72. The molecule has 0 bridgehead atoms. The second kappa shape index (κ2) is 6.98. The molecule has 0 aromatic rings. The highest BCUT2D eigenvalue weighted by molar-refractivity contribution is 4.98. The Morgan fingerprint density at radius 2 is 0.875 bits per heavy atom. The molecule has 0 radical (unpaired) electrons. The van der Waals surface area contributed by atoms with Gasteiger partial charge in [0.25, 0.3) is 0 Å². The third kappa shape index (κ3) is 3.82. The summed E-state index contributed by atoms with van der Waals surface area (Å²) < 4.78 is 108. The van der Waals surface area contributed by atoms with Gasteiger partial charge < -0.3 is 0 Å². The number of rotatable bonds is 4. The van der Waals surface area contributed by atoms with Crippen LogP contribution in [0.4, 0.5) is 35.1 Å². The fourth-order valence-corrected chi connectivity index (χ4v) is 4.01. The van der Waals surface area contributed by atoms with E-state index in [9.17, 15) is 35.1 Å². The third-order valence-corrected chi connectivity index (χ3v) is 5.72. The molecule has 0 saturated heterocycles. The molecule has 0 atom stereocenters. The van der Waals surface area contributed by atoms with Gasteiger partial charge in [-0.25, -0.2) is 0 Å². The average Bonchev–Trinajstić information content (AvgIpc) is 2.54.